The minimum atomic E-state index is -1.88. The molecule has 2 aromatic carbocycles. The number of carbonyl (C=O) groups excluding carboxylic acids is 5. The van der Waals surface area contributed by atoms with Gasteiger partial charge in [-0.15, -0.1) is 0 Å². The van der Waals surface area contributed by atoms with E-state index in [4.69, 9.17) is 28.6 Å². The first kappa shape index (κ1) is 59.8. The van der Waals surface area contributed by atoms with E-state index in [2.05, 4.69) is 26.2 Å². The number of likely N-dealkylation sites (N-methyl/N-ethyl adjacent to an activating group) is 1. The maximum atomic E-state index is 14.6. The van der Waals surface area contributed by atoms with Crippen molar-refractivity contribution in [3.8, 4) is 17.1 Å². The summed E-state index contributed by atoms with van der Waals surface area (Å²) in [6.45, 7) is 4.40. The van der Waals surface area contributed by atoms with Crippen LogP contribution in [0.2, 0.25) is 0 Å². The van der Waals surface area contributed by atoms with Gasteiger partial charge in [0.25, 0.3) is 0 Å². The number of carbonyl (C=O) groups is 8. The number of morpholine rings is 1. The van der Waals surface area contributed by atoms with E-state index in [1.807, 2.05) is 60.7 Å². The number of aliphatic hydroxyl groups excluding tert-OH is 1. The number of furan rings is 1. The molecule has 4 atom stereocenters. The molecule has 0 radical (unpaired) electrons. The lowest BCUT2D eigenvalue weighted by Crippen LogP contribution is -2.58. The molecule has 1 aliphatic rings. The minimum absolute atomic E-state index is 0.0193. The number of ether oxygens (including phenoxy) is 3. The molecule has 8 N–H and O–H groups in total. The third-order valence-electron chi connectivity index (χ3n) is 12.5. The van der Waals surface area contributed by atoms with E-state index in [9.17, 15) is 58.8 Å². The number of nitrogens with zero attached hydrogens (tertiary/aromatic N) is 6. The zero-order valence-electron chi connectivity index (χ0n) is 43.8. The second-order valence-electron chi connectivity index (χ2n) is 18.6. The van der Waals surface area contributed by atoms with Crippen molar-refractivity contribution in [1.29, 1.82) is 0 Å². The third-order valence-corrected chi connectivity index (χ3v) is 12.5. The molecule has 1 fully saturated rings. The maximum Gasteiger partial charge on any atom is 0.416 e. The van der Waals surface area contributed by atoms with E-state index in [1.165, 1.54) is 16.8 Å². The number of nitrogens with one attached hydrogen (secondary N) is 4. The molecular weight excluding hydrogens is 1030 g/mol. The number of aromatic nitrogens is 3. The van der Waals surface area contributed by atoms with E-state index in [0.29, 0.717) is 61.1 Å². The number of aliphatic carboxylic acids is 3. The van der Waals surface area contributed by atoms with Gasteiger partial charge in [-0.2, -0.15) is 0 Å². The predicted octanol–water partition coefficient (Wildman–Crippen LogP) is 1.96. The van der Waals surface area contributed by atoms with Crippen LogP contribution in [-0.4, -0.2) is 194 Å². The molecule has 424 valence electrons. The molecule has 5 amide bonds. The van der Waals surface area contributed by atoms with E-state index >= 15 is 0 Å². The van der Waals surface area contributed by atoms with Crippen molar-refractivity contribution >= 4 is 53.5 Å². The number of hydrogen-bond donors (Lipinski definition) is 8. The second-order valence-corrected chi connectivity index (χ2v) is 18.6. The fourth-order valence-corrected chi connectivity index (χ4v) is 8.44. The van der Waals surface area contributed by atoms with Crippen LogP contribution in [0.15, 0.2) is 89.7 Å². The van der Waals surface area contributed by atoms with E-state index in [1.54, 1.807) is 29.0 Å². The Morgan fingerprint density at radius 2 is 1.39 bits per heavy atom. The highest BCUT2D eigenvalue weighted by Gasteiger charge is 2.33. The summed E-state index contributed by atoms with van der Waals surface area (Å²) in [7, 11) is 1.49. The third kappa shape index (κ3) is 18.9. The molecule has 26 nitrogen and oxygen atoms in total. The summed E-state index contributed by atoms with van der Waals surface area (Å²) in [6.07, 6.45) is -1.37. The zero-order valence-corrected chi connectivity index (χ0v) is 43.8. The quantitative estimate of drug-likeness (QED) is 0.0241. The number of imidazole rings is 1. The summed E-state index contributed by atoms with van der Waals surface area (Å²) in [4.78, 5) is 115. The highest BCUT2D eigenvalue weighted by atomic mass is 16.6. The van der Waals surface area contributed by atoms with E-state index in [-0.39, 0.29) is 51.5 Å². The number of aliphatic hydroxyl groups is 1. The first-order valence-electron chi connectivity index (χ1n) is 25.6. The summed E-state index contributed by atoms with van der Waals surface area (Å²) in [5.74, 6) is -6.97. The van der Waals surface area contributed by atoms with E-state index < -0.39 is 91.4 Å². The molecule has 6 rings (SSSR count). The van der Waals surface area contributed by atoms with Crippen LogP contribution in [0.4, 0.5) is 9.59 Å². The van der Waals surface area contributed by atoms with Gasteiger partial charge in [-0.05, 0) is 30.5 Å². The number of carboxylic acid groups (broad SMARTS) is 3. The summed E-state index contributed by atoms with van der Waals surface area (Å²) in [5, 5.41) is 48.0. The van der Waals surface area contributed by atoms with Crippen LogP contribution in [0.5, 0.6) is 5.88 Å². The molecule has 26 heteroatoms. The van der Waals surface area contributed by atoms with Crippen molar-refractivity contribution in [3.63, 3.8) is 0 Å². The number of hydrogen-bond acceptors (Lipinski definition) is 17. The molecule has 4 unspecified atom stereocenters. The normalized spacial score (nSPS) is 14.0. The van der Waals surface area contributed by atoms with Gasteiger partial charge < -0.3 is 64.8 Å². The van der Waals surface area contributed by atoms with E-state index in [0.717, 1.165) is 31.1 Å². The van der Waals surface area contributed by atoms with Gasteiger partial charge >= 0.3 is 30.1 Å². The van der Waals surface area contributed by atoms with Gasteiger partial charge in [0.2, 0.25) is 23.6 Å². The van der Waals surface area contributed by atoms with Crippen LogP contribution in [0, 0.1) is 0 Å². The summed E-state index contributed by atoms with van der Waals surface area (Å²) in [5.41, 5.74) is 4.05. The molecular formula is C53H66N10O16. The average Bonchev–Trinajstić information content (AvgIpc) is 4.06. The van der Waals surface area contributed by atoms with Crippen LogP contribution < -0.4 is 26.0 Å². The maximum absolute atomic E-state index is 14.6. The highest BCUT2D eigenvalue weighted by Crippen LogP contribution is 2.30. The topological polar surface area (TPSA) is 346 Å². The molecule has 5 aromatic rings. The van der Waals surface area contributed by atoms with Crippen molar-refractivity contribution in [2.24, 2.45) is 0 Å². The van der Waals surface area contributed by atoms with Crippen LogP contribution in [0.3, 0.4) is 0 Å². The Kier molecular flexibility index (Phi) is 22.6. The Hall–Kier alpha value is -8.46. The van der Waals surface area contributed by atoms with Gasteiger partial charge in [0.05, 0.1) is 69.2 Å². The first-order valence-corrected chi connectivity index (χ1v) is 25.6. The fraction of sp³-hybridized carbons (Fsp3) is 0.434. The Labute approximate surface area is 454 Å². The van der Waals surface area contributed by atoms with Crippen LogP contribution in [0.25, 0.3) is 16.9 Å². The number of carboxylic acids is 3. The Bertz CT molecular complexity index is 2830. The number of benzene rings is 2. The van der Waals surface area contributed by atoms with Crippen molar-refractivity contribution in [1.82, 2.24) is 50.3 Å². The van der Waals surface area contributed by atoms with Gasteiger partial charge in [0.1, 0.15) is 29.8 Å². The van der Waals surface area contributed by atoms with Gasteiger partial charge in [-0.3, -0.25) is 43.4 Å². The van der Waals surface area contributed by atoms with Crippen molar-refractivity contribution in [2.75, 3.05) is 72.7 Å². The molecule has 4 heterocycles. The van der Waals surface area contributed by atoms with Crippen molar-refractivity contribution in [2.45, 2.75) is 76.2 Å². The summed E-state index contributed by atoms with van der Waals surface area (Å²) < 4.78 is 24.8. The highest BCUT2D eigenvalue weighted by molar-refractivity contribution is 5.95. The monoisotopic (exact) mass is 1100 g/mol. The second kappa shape index (κ2) is 29.9. The van der Waals surface area contributed by atoms with Crippen molar-refractivity contribution < 1.29 is 77.4 Å². The lowest BCUT2D eigenvalue weighted by molar-refractivity contribution is -0.143. The Morgan fingerprint density at radius 3 is 2.04 bits per heavy atom. The van der Waals surface area contributed by atoms with Crippen LogP contribution in [0.1, 0.15) is 61.7 Å². The van der Waals surface area contributed by atoms with Gasteiger partial charge in [0.15, 0.2) is 5.65 Å². The molecule has 0 saturated carbocycles. The zero-order chi connectivity index (χ0) is 56.8. The lowest BCUT2D eigenvalue weighted by Gasteiger charge is -2.29. The molecule has 0 aliphatic carbocycles. The molecule has 0 bridgehead atoms. The summed E-state index contributed by atoms with van der Waals surface area (Å²) >= 11 is 0. The van der Waals surface area contributed by atoms with Gasteiger partial charge in [0, 0.05) is 78.0 Å². The Balaban J connectivity index is 1.10. The fourth-order valence-electron chi connectivity index (χ4n) is 8.44. The van der Waals surface area contributed by atoms with Gasteiger partial charge in [-0.1, -0.05) is 60.7 Å². The predicted molar refractivity (Wildman–Crippen MR) is 279 cm³/mol. The van der Waals surface area contributed by atoms with Crippen molar-refractivity contribution in [3.05, 3.63) is 108 Å². The molecule has 0 spiro atoms. The average molecular weight is 1100 g/mol. The van der Waals surface area contributed by atoms with Crippen LogP contribution >= 0.6 is 0 Å². The molecule has 1 saturated heterocycles. The SMILES string of the molecule is CC(=O)NC(CC(=O)O)C(=O)NC(CC(=O)O)C(=O)NC(CC(=O)O)C(O)NCCCOC(=O)N(C)CCN(CCCN1CCOCC1)C(=O)Oc1c(Cc2ccco2)nc2c(Cc3ccccc3)nc(-c3ccccc3)cn12. The van der Waals surface area contributed by atoms with Crippen LogP contribution in [-0.2, 0) is 51.1 Å². The first-order chi connectivity index (χ1) is 37.9. The molecule has 1 aliphatic heterocycles. The minimum Gasteiger partial charge on any atom is -0.481 e. The number of rotatable bonds is 30. The smallest absolute Gasteiger partial charge is 0.416 e. The molecule has 79 heavy (non-hydrogen) atoms. The number of amides is 5. The lowest BCUT2D eigenvalue weighted by atomic mass is 10.1. The standard InChI is InChI=1S/C53H66N10O16/c1-34(64)55-40(31-45(67)68)49(72)59-41(32-46(69)70)50(73)58-39(30-44(65)66)48(71)54-17-10-25-78-52(74)60(2)20-21-62(19-11-18-61-22-26-76-27-23-61)53(75)79-51-42(29-37-16-9-24-77-37)57-47-38(28-35-12-5-3-6-13-35)56-43(33-63(47)51)36-14-7-4-8-15-36/h3-9,12-16,24,33,39-41,48,54,71H,10-11,17-23,25-32H2,1-2H3,(H,55,64)(H,58,73)(H,59,72)(H,65,66)(H,67,68)(H,69,70). The number of fused-ring (bicyclic) bond motifs is 1. The Morgan fingerprint density at radius 1 is 0.734 bits per heavy atom. The largest absolute Gasteiger partial charge is 0.481 e. The molecule has 3 aromatic heterocycles. The van der Waals surface area contributed by atoms with Gasteiger partial charge in [-0.25, -0.2) is 19.6 Å². The summed E-state index contributed by atoms with van der Waals surface area (Å²) in [6, 6.07) is 17.9.